The third-order valence-electron chi connectivity index (χ3n) is 3.50. The van der Waals surface area contributed by atoms with Crippen molar-refractivity contribution in [3.63, 3.8) is 0 Å². The van der Waals surface area contributed by atoms with E-state index in [1.807, 2.05) is 0 Å². The summed E-state index contributed by atoms with van der Waals surface area (Å²) in [6.07, 6.45) is -3.18. The van der Waals surface area contributed by atoms with E-state index >= 15 is 0 Å². The summed E-state index contributed by atoms with van der Waals surface area (Å²) >= 11 is 4.34. The number of ether oxygens (including phenoxy) is 3. The Morgan fingerprint density at radius 3 is 2.33 bits per heavy atom. The molecule has 1 aromatic rings. The van der Waals surface area contributed by atoms with E-state index in [0.717, 1.165) is 12.8 Å². The largest absolute Gasteiger partial charge is 0.573 e. The van der Waals surface area contributed by atoms with Crippen LogP contribution in [0, 0.1) is 5.41 Å². The zero-order valence-corrected chi connectivity index (χ0v) is 12.3. The van der Waals surface area contributed by atoms with E-state index in [4.69, 9.17) is 9.47 Å². The van der Waals surface area contributed by atoms with E-state index in [2.05, 4.69) is 17.4 Å². The number of rotatable bonds is 5. The molecule has 1 fully saturated rings. The van der Waals surface area contributed by atoms with Gasteiger partial charge in [-0.05, 0) is 30.7 Å². The molecule has 2 rings (SSSR count). The molecule has 0 spiro atoms. The normalized spacial score (nSPS) is 18.3. The lowest BCUT2D eigenvalue weighted by Gasteiger charge is -2.35. The molecule has 118 valence electrons. The minimum Gasteiger partial charge on any atom is -0.489 e. The fourth-order valence-corrected chi connectivity index (χ4v) is 2.57. The quantitative estimate of drug-likeness (QED) is 0.838. The van der Waals surface area contributed by atoms with Crippen molar-refractivity contribution in [1.29, 1.82) is 0 Å². The summed E-state index contributed by atoms with van der Waals surface area (Å²) in [5, 5.41) is 0. The van der Waals surface area contributed by atoms with Crippen LogP contribution in [0.2, 0.25) is 0 Å². The molecule has 3 nitrogen and oxygen atoms in total. The number of benzene rings is 1. The molecule has 1 saturated heterocycles. The topological polar surface area (TPSA) is 27.7 Å². The highest BCUT2D eigenvalue weighted by molar-refractivity contribution is 7.80. The second-order valence-corrected chi connectivity index (χ2v) is 5.37. The second kappa shape index (κ2) is 6.79. The molecule has 1 heterocycles. The molecule has 1 aliphatic rings. The molecule has 0 bridgehead atoms. The summed E-state index contributed by atoms with van der Waals surface area (Å²) in [6.45, 7) is 1.52. The molecule has 7 heteroatoms. The molecule has 0 radical (unpaired) electrons. The fourth-order valence-electron chi connectivity index (χ4n) is 2.16. The number of para-hydroxylation sites is 2. The Balaban J connectivity index is 2.05. The van der Waals surface area contributed by atoms with Crippen molar-refractivity contribution in [2.45, 2.75) is 19.2 Å². The van der Waals surface area contributed by atoms with E-state index in [1.165, 1.54) is 18.2 Å². The molecule has 1 aromatic carbocycles. The van der Waals surface area contributed by atoms with Crippen molar-refractivity contribution in [2.75, 3.05) is 25.6 Å². The number of alkyl halides is 3. The van der Waals surface area contributed by atoms with E-state index in [9.17, 15) is 13.2 Å². The van der Waals surface area contributed by atoms with E-state index in [-0.39, 0.29) is 23.5 Å². The lowest BCUT2D eigenvalue weighted by atomic mass is 9.83. The third kappa shape index (κ3) is 4.71. The molecular weight excluding hydrogens is 305 g/mol. The maximum Gasteiger partial charge on any atom is 0.573 e. The first-order valence-corrected chi connectivity index (χ1v) is 7.24. The lowest BCUT2D eigenvalue weighted by Crippen LogP contribution is -2.37. The smallest absolute Gasteiger partial charge is 0.489 e. The average Bonchev–Trinajstić information content (AvgIpc) is 2.46. The van der Waals surface area contributed by atoms with Gasteiger partial charge in [-0.3, -0.25) is 0 Å². The van der Waals surface area contributed by atoms with Crippen molar-refractivity contribution in [1.82, 2.24) is 0 Å². The summed E-state index contributed by atoms with van der Waals surface area (Å²) in [5.74, 6) is 0.354. The molecule has 0 atom stereocenters. The average molecular weight is 322 g/mol. The molecule has 0 saturated carbocycles. The monoisotopic (exact) mass is 322 g/mol. The molecule has 1 aliphatic heterocycles. The molecule has 0 unspecified atom stereocenters. The van der Waals surface area contributed by atoms with E-state index in [0.29, 0.717) is 19.0 Å². The highest BCUT2D eigenvalue weighted by atomic mass is 32.1. The standard InChI is InChI=1S/C14H17F3O3S/c15-14(16,17)20-12-4-2-1-3-11(12)19-9-13(10-21)5-7-18-8-6-13/h1-4,21H,5-10H2. The minimum absolute atomic E-state index is 0.0856. The maximum atomic E-state index is 12.4. The van der Waals surface area contributed by atoms with Crippen LogP contribution in [0.25, 0.3) is 0 Å². The van der Waals surface area contributed by atoms with Crippen LogP contribution in [0.5, 0.6) is 11.5 Å². The molecular formula is C14H17F3O3S. The van der Waals surface area contributed by atoms with Gasteiger partial charge in [-0.2, -0.15) is 12.6 Å². The van der Waals surface area contributed by atoms with Crippen molar-refractivity contribution in [3.05, 3.63) is 24.3 Å². The van der Waals surface area contributed by atoms with Gasteiger partial charge in [0, 0.05) is 18.6 Å². The third-order valence-corrected chi connectivity index (χ3v) is 4.17. The highest BCUT2D eigenvalue weighted by Crippen LogP contribution is 2.36. The van der Waals surface area contributed by atoms with Gasteiger partial charge in [-0.25, -0.2) is 0 Å². The van der Waals surface area contributed by atoms with Crippen LogP contribution in [-0.2, 0) is 4.74 Å². The Kier molecular flexibility index (Phi) is 5.27. The van der Waals surface area contributed by atoms with Gasteiger partial charge in [0.2, 0.25) is 0 Å². The van der Waals surface area contributed by atoms with Gasteiger partial charge < -0.3 is 14.2 Å². The predicted molar refractivity (Wildman–Crippen MR) is 75.0 cm³/mol. The van der Waals surface area contributed by atoms with Crippen LogP contribution in [0.4, 0.5) is 13.2 Å². The minimum atomic E-state index is -4.74. The lowest BCUT2D eigenvalue weighted by molar-refractivity contribution is -0.275. The summed E-state index contributed by atoms with van der Waals surface area (Å²) in [6, 6.07) is 5.78. The van der Waals surface area contributed by atoms with Crippen molar-refractivity contribution < 1.29 is 27.4 Å². The van der Waals surface area contributed by atoms with Crippen molar-refractivity contribution in [3.8, 4) is 11.5 Å². The Bertz CT molecular complexity index is 459. The Morgan fingerprint density at radius 1 is 1.14 bits per heavy atom. The first-order valence-electron chi connectivity index (χ1n) is 6.60. The zero-order valence-electron chi connectivity index (χ0n) is 11.4. The van der Waals surface area contributed by atoms with Gasteiger partial charge in [-0.15, -0.1) is 13.2 Å². The maximum absolute atomic E-state index is 12.4. The van der Waals surface area contributed by atoms with Crippen molar-refractivity contribution in [2.24, 2.45) is 5.41 Å². The van der Waals surface area contributed by atoms with Crippen LogP contribution in [0.1, 0.15) is 12.8 Å². The number of hydrogen-bond acceptors (Lipinski definition) is 4. The Hall–Kier alpha value is -1.08. The fraction of sp³-hybridized carbons (Fsp3) is 0.571. The number of hydrogen-bond donors (Lipinski definition) is 1. The van der Waals surface area contributed by atoms with Crippen LogP contribution in [-0.4, -0.2) is 31.9 Å². The SMILES string of the molecule is FC(F)(F)Oc1ccccc1OCC1(CS)CCOCC1. The van der Waals surface area contributed by atoms with E-state index in [1.54, 1.807) is 6.07 Å². The van der Waals surface area contributed by atoms with Crippen molar-refractivity contribution >= 4 is 12.6 Å². The molecule has 0 aliphatic carbocycles. The van der Waals surface area contributed by atoms with Gasteiger partial charge in [0.05, 0.1) is 6.61 Å². The summed E-state index contributed by atoms with van der Waals surface area (Å²) in [7, 11) is 0. The van der Waals surface area contributed by atoms with Crippen LogP contribution >= 0.6 is 12.6 Å². The van der Waals surface area contributed by atoms with Crippen LogP contribution in [0.3, 0.4) is 0 Å². The molecule has 0 aromatic heterocycles. The molecule has 0 N–H and O–H groups in total. The zero-order chi connectivity index (χ0) is 15.3. The van der Waals surface area contributed by atoms with Gasteiger partial charge >= 0.3 is 6.36 Å². The van der Waals surface area contributed by atoms with Gasteiger partial charge in [0.25, 0.3) is 0 Å². The van der Waals surface area contributed by atoms with Gasteiger partial charge in [0.15, 0.2) is 11.5 Å². The highest BCUT2D eigenvalue weighted by Gasteiger charge is 2.34. The predicted octanol–water partition coefficient (Wildman–Crippen LogP) is 3.69. The van der Waals surface area contributed by atoms with Crippen LogP contribution in [0.15, 0.2) is 24.3 Å². The van der Waals surface area contributed by atoms with Gasteiger partial charge in [0.1, 0.15) is 0 Å². The van der Waals surface area contributed by atoms with E-state index < -0.39 is 6.36 Å². The van der Waals surface area contributed by atoms with Crippen LogP contribution < -0.4 is 9.47 Å². The Morgan fingerprint density at radius 2 is 1.76 bits per heavy atom. The van der Waals surface area contributed by atoms with Gasteiger partial charge in [-0.1, -0.05) is 12.1 Å². The number of thiol groups is 1. The Labute approximate surface area is 126 Å². The summed E-state index contributed by atoms with van der Waals surface area (Å²) in [4.78, 5) is 0. The first kappa shape index (κ1) is 16.3. The second-order valence-electron chi connectivity index (χ2n) is 5.05. The number of halogens is 3. The molecule has 0 amide bonds. The summed E-state index contributed by atoms with van der Waals surface area (Å²) < 4.78 is 51.9. The first-order chi connectivity index (χ1) is 9.94. The molecule has 21 heavy (non-hydrogen) atoms. The summed E-state index contributed by atoms with van der Waals surface area (Å²) in [5.41, 5.74) is -0.174.